The molecule has 2 aromatic rings. The number of aromatic amines is 1. The van der Waals surface area contributed by atoms with Crippen LogP contribution in [0.3, 0.4) is 0 Å². The predicted octanol–water partition coefficient (Wildman–Crippen LogP) is 2.66. The van der Waals surface area contributed by atoms with Gasteiger partial charge in [-0.25, -0.2) is 4.39 Å². The van der Waals surface area contributed by atoms with E-state index in [1.165, 1.54) is 12.1 Å². The first-order chi connectivity index (χ1) is 6.20. The van der Waals surface area contributed by atoms with Crippen molar-refractivity contribution in [3.05, 3.63) is 29.6 Å². The molecule has 0 saturated carbocycles. The maximum absolute atomic E-state index is 13.0. The highest BCUT2D eigenvalue weighted by molar-refractivity contribution is 5.86. The summed E-state index contributed by atoms with van der Waals surface area (Å²) in [4.78, 5) is 3.08. The van der Waals surface area contributed by atoms with Gasteiger partial charge in [0.2, 0.25) is 0 Å². The van der Waals surface area contributed by atoms with E-state index in [-0.39, 0.29) is 5.82 Å². The summed E-state index contributed by atoms with van der Waals surface area (Å²) in [5, 5.41) is 4.05. The lowest BCUT2D eigenvalue weighted by Crippen LogP contribution is -1.85. The number of H-pyrrole nitrogens is 1. The molecule has 13 heavy (non-hydrogen) atoms. The van der Waals surface area contributed by atoms with Gasteiger partial charge >= 0.3 is 0 Å². The molecule has 2 N–H and O–H groups in total. The SMILES string of the molecule is CNc1cc2c(C)cc(F)cc2[nH]1. The first kappa shape index (κ1) is 8.10. The second-order valence-electron chi connectivity index (χ2n) is 3.12. The lowest BCUT2D eigenvalue weighted by Gasteiger charge is -1.94. The number of anilines is 1. The van der Waals surface area contributed by atoms with Crippen LogP contribution < -0.4 is 5.32 Å². The molecule has 2 nitrogen and oxygen atoms in total. The molecule has 0 radical (unpaired) electrons. The average Bonchev–Trinajstić information content (AvgIpc) is 2.47. The fourth-order valence-corrected chi connectivity index (χ4v) is 1.51. The molecule has 68 valence electrons. The molecule has 0 unspecified atom stereocenters. The highest BCUT2D eigenvalue weighted by atomic mass is 19.1. The quantitative estimate of drug-likeness (QED) is 0.690. The molecule has 2 rings (SSSR count). The highest BCUT2D eigenvalue weighted by Crippen LogP contribution is 2.22. The molecule has 0 aliphatic heterocycles. The molecule has 0 bridgehead atoms. The molecular formula is C10H11FN2. The largest absolute Gasteiger partial charge is 0.375 e. The van der Waals surface area contributed by atoms with Crippen LogP contribution >= 0.6 is 0 Å². The monoisotopic (exact) mass is 178 g/mol. The van der Waals surface area contributed by atoms with Gasteiger partial charge in [-0.15, -0.1) is 0 Å². The second kappa shape index (κ2) is 2.76. The number of aryl methyl sites for hydroxylation is 1. The van der Waals surface area contributed by atoms with Crippen molar-refractivity contribution in [3.63, 3.8) is 0 Å². The summed E-state index contributed by atoms with van der Waals surface area (Å²) < 4.78 is 13.0. The summed E-state index contributed by atoms with van der Waals surface area (Å²) in [7, 11) is 1.83. The van der Waals surface area contributed by atoms with Gasteiger partial charge in [-0.1, -0.05) is 0 Å². The summed E-state index contributed by atoms with van der Waals surface area (Å²) in [6, 6.07) is 5.02. The normalized spacial score (nSPS) is 10.7. The summed E-state index contributed by atoms with van der Waals surface area (Å²) in [6.07, 6.45) is 0. The minimum absolute atomic E-state index is 0.200. The van der Waals surface area contributed by atoms with E-state index in [0.717, 1.165) is 22.3 Å². The molecule has 0 amide bonds. The molecule has 1 heterocycles. The fourth-order valence-electron chi connectivity index (χ4n) is 1.51. The summed E-state index contributed by atoms with van der Waals surface area (Å²) >= 11 is 0. The van der Waals surface area contributed by atoms with E-state index in [1.807, 2.05) is 20.0 Å². The van der Waals surface area contributed by atoms with Crippen molar-refractivity contribution in [2.75, 3.05) is 12.4 Å². The van der Waals surface area contributed by atoms with Crippen LogP contribution in [-0.4, -0.2) is 12.0 Å². The van der Waals surface area contributed by atoms with Gasteiger partial charge in [0, 0.05) is 12.4 Å². The number of fused-ring (bicyclic) bond motifs is 1. The van der Waals surface area contributed by atoms with Crippen molar-refractivity contribution in [2.24, 2.45) is 0 Å². The number of benzene rings is 1. The van der Waals surface area contributed by atoms with Gasteiger partial charge in [-0.2, -0.15) is 0 Å². The van der Waals surface area contributed by atoms with Crippen molar-refractivity contribution >= 4 is 16.7 Å². The van der Waals surface area contributed by atoms with Crippen LogP contribution in [0, 0.1) is 12.7 Å². The Morgan fingerprint density at radius 2 is 2.08 bits per heavy atom. The summed E-state index contributed by atoms with van der Waals surface area (Å²) in [6.45, 7) is 1.90. The smallest absolute Gasteiger partial charge is 0.125 e. The zero-order chi connectivity index (χ0) is 9.42. The Bertz CT molecular complexity index is 445. The minimum Gasteiger partial charge on any atom is -0.375 e. The van der Waals surface area contributed by atoms with E-state index in [4.69, 9.17) is 0 Å². The van der Waals surface area contributed by atoms with Gasteiger partial charge in [0.25, 0.3) is 0 Å². The number of aromatic nitrogens is 1. The molecule has 0 atom stereocenters. The number of hydrogen-bond acceptors (Lipinski definition) is 1. The third-order valence-electron chi connectivity index (χ3n) is 2.18. The Hall–Kier alpha value is -1.51. The number of rotatable bonds is 1. The van der Waals surface area contributed by atoms with Crippen molar-refractivity contribution in [3.8, 4) is 0 Å². The van der Waals surface area contributed by atoms with E-state index < -0.39 is 0 Å². The maximum Gasteiger partial charge on any atom is 0.125 e. The fraction of sp³-hybridized carbons (Fsp3) is 0.200. The third kappa shape index (κ3) is 1.26. The Morgan fingerprint density at radius 3 is 2.77 bits per heavy atom. The molecule has 0 saturated heterocycles. The molecule has 0 aliphatic rings. The average molecular weight is 178 g/mol. The number of halogens is 1. The minimum atomic E-state index is -0.200. The summed E-state index contributed by atoms with van der Waals surface area (Å²) in [5.74, 6) is 0.707. The van der Waals surface area contributed by atoms with E-state index >= 15 is 0 Å². The highest BCUT2D eigenvalue weighted by Gasteiger charge is 2.03. The summed E-state index contributed by atoms with van der Waals surface area (Å²) in [5.41, 5.74) is 1.79. The molecular weight excluding hydrogens is 167 g/mol. The molecule has 1 aromatic carbocycles. The van der Waals surface area contributed by atoms with E-state index in [9.17, 15) is 4.39 Å². The Morgan fingerprint density at radius 1 is 1.31 bits per heavy atom. The van der Waals surface area contributed by atoms with Gasteiger partial charge in [-0.05, 0) is 30.7 Å². The van der Waals surface area contributed by atoms with Crippen molar-refractivity contribution in [2.45, 2.75) is 6.92 Å². The first-order valence-electron chi connectivity index (χ1n) is 4.17. The van der Waals surface area contributed by atoms with Crippen LogP contribution in [-0.2, 0) is 0 Å². The van der Waals surface area contributed by atoms with Crippen LogP contribution in [0.25, 0.3) is 10.9 Å². The predicted molar refractivity (Wildman–Crippen MR) is 52.5 cm³/mol. The molecule has 0 aliphatic carbocycles. The van der Waals surface area contributed by atoms with Crippen LogP contribution in [0.5, 0.6) is 0 Å². The van der Waals surface area contributed by atoms with Crippen LogP contribution in [0.1, 0.15) is 5.56 Å². The molecule has 0 fully saturated rings. The lowest BCUT2D eigenvalue weighted by atomic mass is 10.1. The van der Waals surface area contributed by atoms with E-state index in [0.29, 0.717) is 0 Å². The number of hydrogen-bond donors (Lipinski definition) is 2. The van der Waals surface area contributed by atoms with Crippen LogP contribution in [0.4, 0.5) is 10.2 Å². The lowest BCUT2D eigenvalue weighted by molar-refractivity contribution is 0.628. The van der Waals surface area contributed by atoms with Gasteiger partial charge in [0.05, 0.1) is 5.52 Å². The third-order valence-corrected chi connectivity index (χ3v) is 2.18. The molecule has 3 heteroatoms. The van der Waals surface area contributed by atoms with Crippen molar-refractivity contribution in [1.29, 1.82) is 0 Å². The van der Waals surface area contributed by atoms with Crippen molar-refractivity contribution in [1.82, 2.24) is 4.98 Å². The Labute approximate surface area is 75.8 Å². The van der Waals surface area contributed by atoms with Gasteiger partial charge in [0.15, 0.2) is 0 Å². The second-order valence-corrected chi connectivity index (χ2v) is 3.12. The van der Waals surface area contributed by atoms with Crippen LogP contribution in [0.15, 0.2) is 18.2 Å². The Balaban J connectivity index is 2.75. The maximum atomic E-state index is 13.0. The van der Waals surface area contributed by atoms with Crippen molar-refractivity contribution < 1.29 is 4.39 Å². The van der Waals surface area contributed by atoms with Gasteiger partial charge in [-0.3, -0.25) is 0 Å². The number of nitrogens with one attached hydrogen (secondary N) is 2. The molecule has 0 spiro atoms. The topological polar surface area (TPSA) is 27.8 Å². The first-order valence-corrected chi connectivity index (χ1v) is 4.17. The molecule has 1 aromatic heterocycles. The van der Waals surface area contributed by atoms with Gasteiger partial charge < -0.3 is 10.3 Å². The Kier molecular flexibility index (Phi) is 1.72. The van der Waals surface area contributed by atoms with Gasteiger partial charge in [0.1, 0.15) is 11.6 Å². The van der Waals surface area contributed by atoms with E-state index in [1.54, 1.807) is 0 Å². The van der Waals surface area contributed by atoms with Crippen LogP contribution in [0.2, 0.25) is 0 Å². The standard InChI is InChI=1S/C10H11FN2/c1-6-3-7(11)4-9-8(6)5-10(12-2)13-9/h3-5,12-13H,1-2H3. The zero-order valence-electron chi connectivity index (χ0n) is 7.61. The zero-order valence-corrected chi connectivity index (χ0v) is 7.61. The van der Waals surface area contributed by atoms with E-state index in [2.05, 4.69) is 10.3 Å².